The molecule has 1 rings (SSSR count). The second-order valence-corrected chi connectivity index (χ2v) is 8.24. The van der Waals surface area contributed by atoms with Crippen LogP contribution < -0.4 is 15.2 Å². The highest BCUT2D eigenvalue weighted by Gasteiger charge is 2.36. The maximum atomic E-state index is 12.1. The molecular formula is C25H37NO9. The molecule has 4 atom stereocenters. The molecule has 0 aliphatic carbocycles. The number of unbranched alkanes of at least 4 members (excludes halogenated alkanes) is 2. The molecule has 3 N–H and O–H groups in total. The molecule has 1 aromatic rings. The second-order valence-electron chi connectivity index (χ2n) is 8.24. The number of hydrogen-bond donors (Lipinski definition) is 2. The molecule has 0 saturated carbocycles. The minimum Gasteiger partial charge on any atom is -0.480 e. The van der Waals surface area contributed by atoms with Crippen molar-refractivity contribution in [3.8, 4) is 11.5 Å². The van der Waals surface area contributed by atoms with Crippen molar-refractivity contribution < 1.29 is 43.2 Å². The van der Waals surface area contributed by atoms with E-state index in [9.17, 15) is 24.3 Å². The third kappa shape index (κ3) is 9.56. The zero-order valence-corrected chi connectivity index (χ0v) is 21.1. The fraction of sp³-hybridized carbons (Fsp3) is 0.600. The number of carboxylic acids is 1. The molecule has 35 heavy (non-hydrogen) atoms. The van der Waals surface area contributed by atoms with Crippen LogP contribution in [0.3, 0.4) is 0 Å². The van der Waals surface area contributed by atoms with E-state index in [-0.39, 0.29) is 30.9 Å². The minimum absolute atomic E-state index is 0.0256. The summed E-state index contributed by atoms with van der Waals surface area (Å²) in [4.78, 5) is 47.6. The van der Waals surface area contributed by atoms with Crippen molar-refractivity contribution in [2.24, 2.45) is 11.7 Å². The SMILES string of the molecule is CCCCCOC(=O)OC(C)C(C)C(c1ccc(OC(=O)CC)c(OC(=O)CC)c1)[C@H](N)C(=O)O. The predicted molar refractivity (Wildman–Crippen MR) is 127 cm³/mol. The van der Waals surface area contributed by atoms with E-state index in [1.165, 1.54) is 12.1 Å². The number of carbonyl (C=O) groups is 4. The number of aliphatic carboxylic acids is 1. The van der Waals surface area contributed by atoms with Crippen LogP contribution in [0.4, 0.5) is 4.79 Å². The lowest BCUT2D eigenvalue weighted by atomic mass is 9.79. The van der Waals surface area contributed by atoms with Gasteiger partial charge in [-0.2, -0.15) is 0 Å². The Kier molecular flexibility index (Phi) is 12.8. The normalized spacial score (nSPS) is 14.2. The van der Waals surface area contributed by atoms with Gasteiger partial charge in [0.1, 0.15) is 12.1 Å². The highest BCUT2D eigenvalue weighted by atomic mass is 16.7. The quantitative estimate of drug-likeness (QED) is 0.218. The molecule has 0 heterocycles. The third-order valence-corrected chi connectivity index (χ3v) is 5.61. The lowest BCUT2D eigenvalue weighted by Crippen LogP contribution is -2.42. The monoisotopic (exact) mass is 495 g/mol. The number of carboxylic acid groups (broad SMARTS) is 1. The van der Waals surface area contributed by atoms with Gasteiger partial charge in [-0.3, -0.25) is 14.4 Å². The summed E-state index contributed by atoms with van der Waals surface area (Å²) in [6.45, 7) is 8.81. The van der Waals surface area contributed by atoms with E-state index in [0.29, 0.717) is 5.56 Å². The number of rotatable bonds is 14. The summed E-state index contributed by atoms with van der Waals surface area (Å²) in [6.07, 6.45) is 1.21. The Bertz CT molecular complexity index is 870. The molecule has 0 bridgehead atoms. The van der Waals surface area contributed by atoms with Crippen molar-refractivity contribution in [3.63, 3.8) is 0 Å². The summed E-state index contributed by atoms with van der Waals surface area (Å²) < 4.78 is 21.0. The number of benzene rings is 1. The van der Waals surface area contributed by atoms with E-state index in [1.54, 1.807) is 33.8 Å². The van der Waals surface area contributed by atoms with Crippen LogP contribution >= 0.6 is 0 Å². The van der Waals surface area contributed by atoms with Gasteiger partial charge in [-0.25, -0.2) is 4.79 Å². The van der Waals surface area contributed by atoms with Crippen LogP contribution in [0.2, 0.25) is 0 Å². The van der Waals surface area contributed by atoms with Crippen LogP contribution in [0, 0.1) is 5.92 Å². The van der Waals surface area contributed by atoms with E-state index in [1.807, 2.05) is 6.92 Å². The lowest BCUT2D eigenvalue weighted by Gasteiger charge is -2.31. The molecule has 0 aliphatic heterocycles. The Morgan fingerprint density at radius 1 is 0.943 bits per heavy atom. The van der Waals surface area contributed by atoms with Crippen molar-refractivity contribution in [1.82, 2.24) is 0 Å². The molecule has 0 saturated heterocycles. The first kappa shape index (κ1) is 29.9. The van der Waals surface area contributed by atoms with Crippen LogP contribution in [0.15, 0.2) is 18.2 Å². The summed E-state index contributed by atoms with van der Waals surface area (Å²) in [6, 6.07) is 3.02. The number of esters is 2. The molecule has 196 valence electrons. The second kappa shape index (κ2) is 15.0. The molecule has 0 aromatic heterocycles. The fourth-order valence-electron chi connectivity index (χ4n) is 3.37. The van der Waals surface area contributed by atoms with Gasteiger partial charge in [-0.15, -0.1) is 0 Å². The number of ether oxygens (including phenoxy) is 4. The Balaban J connectivity index is 3.24. The molecular weight excluding hydrogens is 458 g/mol. The zero-order valence-electron chi connectivity index (χ0n) is 21.1. The first-order chi connectivity index (χ1) is 16.5. The van der Waals surface area contributed by atoms with Crippen molar-refractivity contribution in [2.75, 3.05) is 6.61 Å². The average Bonchev–Trinajstić information content (AvgIpc) is 2.82. The highest BCUT2D eigenvalue weighted by Crippen LogP contribution is 2.37. The molecule has 10 heteroatoms. The van der Waals surface area contributed by atoms with Gasteiger partial charge < -0.3 is 29.8 Å². The molecule has 3 unspecified atom stereocenters. The Hall–Kier alpha value is -3.14. The van der Waals surface area contributed by atoms with Crippen LogP contribution in [-0.2, 0) is 23.9 Å². The Labute approximate surface area is 206 Å². The van der Waals surface area contributed by atoms with Crippen LogP contribution in [-0.4, -0.2) is 47.9 Å². The molecule has 0 radical (unpaired) electrons. The summed E-state index contributed by atoms with van der Waals surface area (Å²) in [5.74, 6) is -3.77. The van der Waals surface area contributed by atoms with Gasteiger partial charge in [0.15, 0.2) is 11.5 Å². The highest BCUT2D eigenvalue weighted by molar-refractivity contribution is 5.77. The average molecular weight is 496 g/mol. The van der Waals surface area contributed by atoms with Gasteiger partial charge in [0.05, 0.1) is 6.61 Å². The van der Waals surface area contributed by atoms with Gasteiger partial charge in [-0.05, 0) is 31.0 Å². The molecule has 1 aromatic carbocycles. The van der Waals surface area contributed by atoms with Crippen LogP contribution in [0.25, 0.3) is 0 Å². The number of carbonyl (C=O) groups excluding carboxylic acids is 3. The number of nitrogens with two attached hydrogens (primary N) is 1. The minimum atomic E-state index is -1.37. The maximum absolute atomic E-state index is 12.1. The first-order valence-corrected chi connectivity index (χ1v) is 11.9. The molecule has 10 nitrogen and oxygen atoms in total. The van der Waals surface area contributed by atoms with E-state index >= 15 is 0 Å². The van der Waals surface area contributed by atoms with Crippen LogP contribution in [0.5, 0.6) is 11.5 Å². The van der Waals surface area contributed by atoms with Gasteiger partial charge in [-0.1, -0.05) is 46.6 Å². The smallest absolute Gasteiger partial charge is 0.480 e. The molecule has 0 spiro atoms. The predicted octanol–water partition coefficient (Wildman–Crippen LogP) is 4.18. The van der Waals surface area contributed by atoms with Crippen molar-refractivity contribution in [1.29, 1.82) is 0 Å². The first-order valence-electron chi connectivity index (χ1n) is 11.9. The van der Waals surface area contributed by atoms with Crippen molar-refractivity contribution in [3.05, 3.63) is 23.8 Å². The van der Waals surface area contributed by atoms with Gasteiger partial charge in [0.2, 0.25) is 0 Å². The van der Waals surface area contributed by atoms with E-state index in [2.05, 4.69) is 0 Å². The maximum Gasteiger partial charge on any atom is 0.508 e. The van der Waals surface area contributed by atoms with E-state index in [4.69, 9.17) is 24.7 Å². The van der Waals surface area contributed by atoms with Crippen molar-refractivity contribution in [2.45, 2.75) is 84.8 Å². The topological polar surface area (TPSA) is 151 Å². The van der Waals surface area contributed by atoms with E-state index in [0.717, 1.165) is 19.3 Å². The van der Waals surface area contributed by atoms with Gasteiger partial charge >= 0.3 is 24.1 Å². The van der Waals surface area contributed by atoms with Crippen molar-refractivity contribution >= 4 is 24.1 Å². The summed E-state index contributed by atoms with van der Waals surface area (Å²) in [5, 5.41) is 9.64. The summed E-state index contributed by atoms with van der Waals surface area (Å²) in [7, 11) is 0. The van der Waals surface area contributed by atoms with Gasteiger partial charge in [0.25, 0.3) is 0 Å². The largest absolute Gasteiger partial charge is 0.508 e. The summed E-state index contributed by atoms with van der Waals surface area (Å²) in [5.41, 5.74) is 6.44. The van der Waals surface area contributed by atoms with E-state index < -0.39 is 48.0 Å². The Morgan fingerprint density at radius 3 is 2.09 bits per heavy atom. The fourth-order valence-corrected chi connectivity index (χ4v) is 3.37. The summed E-state index contributed by atoms with van der Waals surface area (Å²) >= 11 is 0. The zero-order chi connectivity index (χ0) is 26.5. The van der Waals surface area contributed by atoms with Crippen LogP contribution in [0.1, 0.15) is 78.2 Å². The van der Waals surface area contributed by atoms with Gasteiger partial charge in [0, 0.05) is 24.7 Å². The standard InChI is InChI=1S/C25H37NO9/c1-6-9-10-13-32-25(31)33-16(5)15(4)22(23(26)24(29)30)17-11-12-18(34-20(27)7-2)19(14-17)35-21(28)8-3/h11-12,14-16,22-23H,6-10,13,26H2,1-5H3,(H,29,30)/t15?,16?,22?,23-/m0/s1. The third-order valence-electron chi connectivity index (χ3n) is 5.61. The lowest BCUT2D eigenvalue weighted by molar-refractivity contribution is -0.140. The molecule has 0 fully saturated rings. The molecule has 0 aliphatic rings. The Morgan fingerprint density at radius 2 is 1.54 bits per heavy atom. The molecule has 0 amide bonds. The number of hydrogen-bond acceptors (Lipinski definition) is 9.